The number of hydrogen-bond donors (Lipinski definition) is 0. The van der Waals surface area contributed by atoms with Gasteiger partial charge in [-0.05, 0) is 37.1 Å². The minimum Gasteiger partial charge on any atom is -0.465 e. The summed E-state index contributed by atoms with van der Waals surface area (Å²) in [6, 6.07) is 12.2. The largest absolute Gasteiger partial charge is 0.465 e. The molecule has 0 N–H and O–H groups in total. The van der Waals surface area contributed by atoms with Crippen molar-refractivity contribution in [3.63, 3.8) is 0 Å². The normalized spacial score (nSPS) is 15.3. The van der Waals surface area contributed by atoms with E-state index in [2.05, 4.69) is 9.72 Å². The molecular formula is C19H23N3O4S. The minimum atomic E-state index is -3.67. The summed E-state index contributed by atoms with van der Waals surface area (Å²) in [6.45, 7) is 1.14. The maximum absolute atomic E-state index is 13.3. The van der Waals surface area contributed by atoms with Gasteiger partial charge in [0, 0.05) is 19.3 Å². The SMILES string of the molecule is COC(=O)c1ccc(CN(c2ccccc2)S(=O)(=O)N2CCCCC2)nc1. The van der Waals surface area contributed by atoms with Gasteiger partial charge in [-0.3, -0.25) is 9.29 Å². The Balaban J connectivity index is 1.90. The van der Waals surface area contributed by atoms with E-state index < -0.39 is 16.2 Å². The maximum atomic E-state index is 13.3. The van der Waals surface area contributed by atoms with Crippen LogP contribution < -0.4 is 4.31 Å². The fourth-order valence-electron chi connectivity index (χ4n) is 3.04. The number of aromatic nitrogens is 1. The van der Waals surface area contributed by atoms with Crippen LogP contribution in [0.15, 0.2) is 48.7 Å². The number of rotatable bonds is 6. The Morgan fingerprint density at radius 2 is 1.81 bits per heavy atom. The third-order valence-electron chi connectivity index (χ3n) is 4.52. The van der Waals surface area contributed by atoms with Crippen LogP contribution >= 0.6 is 0 Å². The summed E-state index contributed by atoms with van der Waals surface area (Å²) in [6.07, 6.45) is 4.19. The highest BCUT2D eigenvalue weighted by atomic mass is 32.2. The van der Waals surface area contributed by atoms with E-state index in [0.29, 0.717) is 30.0 Å². The van der Waals surface area contributed by atoms with Crippen LogP contribution in [0, 0.1) is 0 Å². The standard InChI is InChI=1S/C19H23N3O4S/c1-26-19(23)16-10-11-17(20-14-16)15-22(18-8-4-2-5-9-18)27(24,25)21-12-6-3-7-13-21/h2,4-5,8-11,14H,3,6-7,12-13,15H2,1H3. The van der Waals surface area contributed by atoms with Crippen LogP contribution in [-0.2, 0) is 21.5 Å². The second kappa shape index (κ2) is 8.49. The van der Waals surface area contributed by atoms with Crippen LogP contribution in [0.4, 0.5) is 5.69 Å². The molecule has 0 spiro atoms. The summed E-state index contributed by atoms with van der Waals surface area (Å²) >= 11 is 0. The number of hydrogen-bond acceptors (Lipinski definition) is 5. The molecule has 1 saturated heterocycles. The first kappa shape index (κ1) is 19.3. The van der Waals surface area contributed by atoms with Gasteiger partial charge in [-0.1, -0.05) is 24.6 Å². The predicted molar refractivity (Wildman–Crippen MR) is 103 cm³/mol. The number of carbonyl (C=O) groups excluding carboxylic acids is 1. The number of carbonyl (C=O) groups is 1. The number of pyridine rings is 1. The van der Waals surface area contributed by atoms with Gasteiger partial charge >= 0.3 is 16.2 Å². The zero-order chi connectivity index (χ0) is 19.3. The highest BCUT2D eigenvalue weighted by Crippen LogP contribution is 2.25. The van der Waals surface area contributed by atoms with Crippen LogP contribution in [-0.4, -0.2) is 43.9 Å². The Kier molecular flexibility index (Phi) is 6.08. The van der Waals surface area contributed by atoms with E-state index in [9.17, 15) is 13.2 Å². The molecule has 0 atom stereocenters. The second-order valence-electron chi connectivity index (χ2n) is 6.34. The van der Waals surface area contributed by atoms with Crippen molar-refractivity contribution >= 4 is 21.9 Å². The highest BCUT2D eigenvalue weighted by Gasteiger charge is 2.31. The molecule has 1 aromatic heterocycles. The number of benzene rings is 1. The van der Waals surface area contributed by atoms with Gasteiger partial charge in [-0.15, -0.1) is 0 Å². The minimum absolute atomic E-state index is 0.0876. The molecule has 7 nitrogen and oxygen atoms in total. The average molecular weight is 389 g/mol. The fourth-order valence-corrected chi connectivity index (χ4v) is 4.72. The van der Waals surface area contributed by atoms with Crippen molar-refractivity contribution in [1.29, 1.82) is 0 Å². The van der Waals surface area contributed by atoms with E-state index in [4.69, 9.17) is 0 Å². The third kappa shape index (κ3) is 4.45. The number of para-hydroxylation sites is 1. The summed E-state index contributed by atoms with van der Waals surface area (Å²) in [5, 5.41) is 0. The lowest BCUT2D eigenvalue weighted by Gasteiger charge is -2.33. The first-order valence-corrected chi connectivity index (χ1v) is 10.3. The van der Waals surface area contributed by atoms with Gasteiger partial charge in [-0.2, -0.15) is 12.7 Å². The quantitative estimate of drug-likeness (QED) is 0.710. The highest BCUT2D eigenvalue weighted by molar-refractivity contribution is 7.90. The van der Waals surface area contributed by atoms with Crippen LogP contribution in [0.2, 0.25) is 0 Å². The van der Waals surface area contributed by atoms with Crippen LogP contribution in [0.25, 0.3) is 0 Å². The summed E-state index contributed by atoms with van der Waals surface area (Å²) in [4.78, 5) is 15.8. The van der Waals surface area contributed by atoms with E-state index in [1.54, 1.807) is 24.3 Å². The van der Waals surface area contributed by atoms with Crippen LogP contribution in [0.3, 0.4) is 0 Å². The van der Waals surface area contributed by atoms with Gasteiger partial charge < -0.3 is 4.74 Å². The lowest BCUT2D eigenvalue weighted by Crippen LogP contribution is -2.46. The lowest BCUT2D eigenvalue weighted by molar-refractivity contribution is 0.0600. The molecular weight excluding hydrogens is 366 g/mol. The molecule has 0 bridgehead atoms. The van der Waals surface area contributed by atoms with Crippen molar-refractivity contribution in [3.8, 4) is 0 Å². The Bertz CT molecular complexity index is 864. The zero-order valence-electron chi connectivity index (χ0n) is 15.2. The molecule has 0 unspecified atom stereocenters. The van der Waals surface area contributed by atoms with Crippen LogP contribution in [0.5, 0.6) is 0 Å². The molecule has 1 aliphatic rings. The van der Waals surface area contributed by atoms with Gasteiger partial charge in [0.15, 0.2) is 0 Å². The van der Waals surface area contributed by atoms with Gasteiger partial charge in [-0.25, -0.2) is 4.79 Å². The van der Waals surface area contributed by atoms with Crippen molar-refractivity contribution < 1.29 is 17.9 Å². The van der Waals surface area contributed by atoms with Gasteiger partial charge in [0.05, 0.1) is 30.6 Å². The Morgan fingerprint density at radius 3 is 2.41 bits per heavy atom. The maximum Gasteiger partial charge on any atom is 0.339 e. The van der Waals surface area contributed by atoms with Crippen molar-refractivity contribution in [2.45, 2.75) is 25.8 Å². The molecule has 0 aliphatic carbocycles. The predicted octanol–water partition coefficient (Wildman–Crippen LogP) is 2.61. The van der Waals surface area contributed by atoms with Crippen molar-refractivity contribution in [1.82, 2.24) is 9.29 Å². The monoisotopic (exact) mass is 389 g/mol. The zero-order valence-corrected chi connectivity index (χ0v) is 16.1. The summed E-state index contributed by atoms with van der Waals surface area (Å²) in [5.41, 5.74) is 1.46. The number of nitrogens with zero attached hydrogens (tertiary/aromatic N) is 3. The number of ether oxygens (including phenoxy) is 1. The van der Waals surface area contributed by atoms with E-state index in [1.807, 2.05) is 18.2 Å². The second-order valence-corrected chi connectivity index (χ2v) is 8.19. The van der Waals surface area contributed by atoms with E-state index in [1.165, 1.54) is 21.9 Å². The number of piperidine rings is 1. The lowest BCUT2D eigenvalue weighted by atomic mass is 10.2. The average Bonchev–Trinajstić information content (AvgIpc) is 2.73. The molecule has 8 heteroatoms. The molecule has 0 radical (unpaired) electrons. The molecule has 1 aliphatic heterocycles. The van der Waals surface area contributed by atoms with Gasteiger partial charge in [0.1, 0.15) is 0 Å². The number of methoxy groups -OCH3 is 1. The van der Waals surface area contributed by atoms with Gasteiger partial charge in [0.2, 0.25) is 0 Å². The molecule has 2 aromatic rings. The van der Waals surface area contributed by atoms with Crippen LogP contribution in [0.1, 0.15) is 35.3 Å². The molecule has 3 rings (SSSR count). The number of anilines is 1. The number of esters is 1. The summed E-state index contributed by atoms with van der Waals surface area (Å²) < 4.78 is 34.1. The fraction of sp³-hybridized carbons (Fsp3) is 0.368. The molecule has 0 saturated carbocycles. The smallest absolute Gasteiger partial charge is 0.339 e. The summed E-state index contributed by atoms with van der Waals surface area (Å²) in [5.74, 6) is -0.477. The Hall–Kier alpha value is -2.45. The van der Waals surface area contributed by atoms with Crippen molar-refractivity contribution in [3.05, 3.63) is 59.9 Å². The first-order valence-electron chi connectivity index (χ1n) is 8.88. The van der Waals surface area contributed by atoms with E-state index in [-0.39, 0.29) is 6.54 Å². The van der Waals surface area contributed by atoms with Gasteiger partial charge in [0.25, 0.3) is 0 Å². The first-order chi connectivity index (χ1) is 13.0. The topological polar surface area (TPSA) is 79.8 Å². The summed E-state index contributed by atoms with van der Waals surface area (Å²) in [7, 11) is -2.37. The van der Waals surface area contributed by atoms with E-state index in [0.717, 1.165) is 19.3 Å². The molecule has 0 amide bonds. The van der Waals surface area contributed by atoms with E-state index >= 15 is 0 Å². The Labute approximate surface area is 159 Å². The molecule has 1 fully saturated rings. The molecule has 1 aromatic carbocycles. The molecule has 144 valence electrons. The molecule has 2 heterocycles. The third-order valence-corrected chi connectivity index (χ3v) is 6.43. The van der Waals surface area contributed by atoms with Crippen molar-refractivity contribution in [2.75, 3.05) is 24.5 Å². The Morgan fingerprint density at radius 1 is 1.11 bits per heavy atom. The van der Waals surface area contributed by atoms with Crippen molar-refractivity contribution in [2.24, 2.45) is 0 Å². The molecule has 27 heavy (non-hydrogen) atoms.